The van der Waals surface area contributed by atoms with Crippen molar-refractivity contribution in [2.45, 2.75) is 0 Å². The number of pyridine rings is 1. The number of aromatic nitrogens is 1. The molecule has 0 amide bonds. The molecular weight excluding hydrogens is 370 g/mol. The van der Waals surface area contributed by atoms with Gasteiger partial charge in [-0.15, -0.1) is 0 Å². The normalized spacial score (nSPS) is 11.3. The third-order valence-corrected chi connectivity index (χ3v) is 5.34. The number of nitrogens with zero attached hydrogens (tertiary/aromatic N) is 1. The topological polar surface area (TPSA) is 35.3 Å². The molecule has 3 heteroatoms. The minimum atomic E-state index is 0.558. The maximum atomic E-state index is 6.26. The molecule has 0 N–H and O–H groups in total. The van der Waals surface area contributed by atoms with Gasteiger partial charge in [-0.2, -0.15) is 0 Å². The Bertz CT molecular complexity index is 1520. The highest BCUT2D eigenvalue weighted by molar-refractivity contribution is 6.11. The summed E-state index contributed by atoms with van der Waals surface area (Å²) in [5.41, 5.74) is 3.52. The fourth-order valence-corrected chi connectivity index (χ4v) is 3.97. The first kappa shape index (κ1) is 16.8. The molecule has 0 saturated heterocycles. The van der Waals surface area contributed by atoms with E-state index in [0.717, 1.165) is 49.7 Å². The van der Waals surface area contributed by atoms with E-state index in [1.807, 2.05) is 66.7 Å². The van der Waals surface area contributed by atoms with Crippen molar-refractivity contribution in [3.05, 3.63) is 103 Å². The number of fused-ring (bicyclic) bond motifs is 4. The van der Waals surface area contributed by atoms with E-state index in [-0.39, 0.29) is 0 Å². The molecule has 0 saturated carbocycles. The van der Waals surface area contributed by atoms with Crippen molar-refractivity contribution in [1.29, 1.82) is 0 Å². The summed E-state index contributed by atoms with van der Waals surface area (Å²) in [6.45, 7) is 0. The molecule has 0 fully saturated rings. The van der Waals surface area contributed by atoms with Crippen LogP contribution in [0.3, 0.4) is 0 Å². The molecule has 0 radical (unpaired) electrons. The molecule has 0 unspecified atom stereocenters. The quantitative estimate of drug-likeness (QED) is 0.314. The monoisotopic (exact) mass is 387 g/mol. The first-order chi connectivity index (χ1) is 14.9. The third-order valence-electron chi connectivity index (χ3n) is 5.34. The highest BCUT2D eigenvalue weighted by Crippen LogP contribution is 2.38. The molecule has 0 bridgehead atoms. The molecule has 30 heavy (non-hydrogen) atoms. The molecule has 3 nitrogen and oxygen atoms in total. The molecule has 2 heterocycles. The fraction of sp³-hybridized carbons (Fsp3) is 0. The molecule has 0 spiro atoms. The standard InChI is InChI=1S/C27H17NO2/c1-2-10-19(11-3-1)29-25-17-18-9-4-5-12-20(18)26(28-25)23-15-8-14-22-21-13-6-7-16-24(21)30-27(22)23/h1-17H. The van der Waals surface area contributed by atoms with Crippen LogP contribution in [0.1, 0.15) is 0 Å². The smallest absolute Gasteiger partial charge is 0.220 e. The van der Waals surface area contributed by atoms with Crippen LogP contribution >= 0.6 is 0 Å². The summed E-state index contributed by atoms with van der Waals surface area (Å²) in [6, 6.07) is 34.3. The minimum Gasteiger partial charge on any atom is -0.455 e. The van der Waals surface area contributed by atoms with Crippen LogP contribution in [0.2, 0.25) is 0 Å². The Labute approximate surface area is 173 Å². The van der Waals surface area contributed by atoms with Gasteiger partial charge in [-0.25, -0.2) is 4.98 Å². The Morgan fingerprint density at radius 2 is 1.37 bits per heavy atom. The summed E-state index contributed by atoms with van der Waals surface area (Å²) in [5.74, 6) is 1.32. The molecule has 0 aliphatic rings. The Morgan fingerprint density at radius 3 is 2.27 bits per heavy atom. The molecule has 2 aromatic heterocycles. The van der Waals surface area contributed by atoms with Gasteiger partial charge in [0.2, 0.25) is 5.88 Å². The van der Waals surface area contributed by atoms with Crippen molar-refractivity contribution in [1.82, 2.24) is 4.98 Å². The second-order valence-corrected chi connectivity index (χ2v) is 7.23. The van der Waals surface area contributed by atoms with E-state index in [1.54, 1.807) is 0 Å². The predicted molar refractivity (Wildman–Crippen MR) is 121 cm³/mol. The lowest BCUT2D eigenvalue weighted by molar-refractivity contribution is 0.464. The van der Waals surface area contributed by atoms with Crippen LogP contribution in [-0.4, -0.2) is 4.98 Å². The lowest BCUT2D eigenvalue weighted by atomic mass is 10.0. The van der Waals surface area contributed by atoms with Crippen molar-refractivity contribution < 1.29 is 9.15 Å². The number of benzene rings is 4. The molecule has 0 aliphatic heterocycles. The van der Waals surface area contributed by atoms with Crippen LogP contribution < -0.4 is 4.74 Å². The van der Waals surface area contributed by atoms with Gasteiger partial charge in [-0.3, -0.25) is 0 Å². The van der Waals surface area contributed by atoms with Crippen LogP contribution in [0.15, 0.2) is 108 Å². The lowest BCUT2D eigenvalue weighted by Crippen LogP contribution is -1.93. The summed E-state index contributed by atoms with van der Waals surface area (Å²) in [4.78, 5) is 4.90. The number of hydrogen-bond acceptors (Lipinski definition) is 3. The number of rotatable bonds is 3. The minimum absolute atomic E-state index is 0.558. The molecule has 4 aromatic carbocycles. The largest absolute Gasteiger partial charge is 0.455 e. The van der Waals surface area contributed by atoms with Crippen LogP contribution in [0, 0.1) is 0 Å². The lowest BCUT2D eigenvalue weighted by Gasteiger charge is -2.11. The first-order valence-corrected chi connectivity index (χ1v) is 9.90. The highest BCUT2D eigenvalue weighted by atomic mass is 16.5. The zero-order valence-electron chi connectivity index (χ0n) is 16.1. The van der Waals surface area contributed by atoms with Gasteiger partial charge < -0.3 is 9.15 Å². The molecule has 6 aromatic rings. The van der Waals surface area contributed by atoms with E-state index in [4.69, 9.17) is 14.1 Å². The van der Waals surface area contributed by atoms with Gasteiger partial charge in [0, 0.05) is 27.8 Å². The summed E-state index contributed by atoms with van der Waals surface area (Å²) >= 11 is 0. The Morgan fingerprint density at radius 1 is 0.633 bits per heavy atom. The summed E-state index contributed by atoms with van der Waals surface area (Å²) in [5, 5.41) is 4.33. The average Bonchev–Trinajstić information content (AvgIpc) is 3.18. The van der Waals surface area contributed by atoms with Crippen molar-refractivity contribution in [2.24, 2.45) is 0 Å². The van der Waals surface area contributed by atoms with Gasteiger partial charge >= 0.3 is 0 Å². The Hall–Kier alpha value is -4.11. The fourth-order valence-electron chi connectivity index (χ4n) is 3.97. The first-order valence-electron chi connectivity index (χ1n) is 9.90. The second-order valence-electron chi connectivity index (χ2n) is 7.23. The van der Waals surface area contributed by atoms with E-state index in [1.165, 1.54) is 0 Å². The van der Waals surface area contributed by atoms with Gasteiger partial charge in [0.25, 0.3) is 0 Å². The maximum absolute atomic E-state index is 6.26. The zero-order valence-corrected chi connectivity index (χ0v) is 16.1. The summed E-state index contributed by atoms with van der Waals surface area (Å²) < 4.78 is 12.3. The number of ether oxygens (including phenoxy) is 1. The van der Waals surface area contributed by atoms with E-state index >= 15 is 0 Å². The number of furan rings is 1. The van der Waals surface area contributed by atoms with E-state index in [9.17, 15) is 0 Å². The van der Waals surface area contributed by atoms with E-state index < -0.39 is 0 Å². The summed E-state index contributed by atoms with van der Waals surface area (Å²) in [6.07, 6.45) is 0. The maximum Gasteiger partial charge on any atom is 0.220 e. The summed E-state index contributed by atoms with van der Waals surface area (Å²) in [7, 11) is 0. The van der Waals surface area contributed by atoms with Crippen LogP contribution in [0.5, 0.6) is 11.6 Å². The highest BCUT2D eigenvalue weighted by Gasteiger charge is 2.16. The number of hydrogen-bond donors (Lipinski definition) is 0. The van der Waals surface area contributed by atoms with Gasteiger partial charge in [-0.1, -0.05) is 72.8 Å². The van der Waals surface area contributed by atoms with Crippen LogP contribution in [-0.2, 0) is 0 Å². The Kier molecular flexibility index (Phi) is 3.78. The van der Waals surface area contributed by atoms with E-state index in [0.29, 0.717) is 5.88 Å². The molecule has 142 valence electrons. The van der Waals surface area contributed by atoms with Crippen molar-refractivity contribution >= 4 is 32.7 Å². The molecular formula is C27H17NO2. The molecule has 6 rings (SSSR count). The molecule has 0 atom stereocenters. The van der Waals surface area contributed by atoms with Crippen LogP contribution in [0.4, 0.5) is 0 Å². The third kappa shape index (κ3) is 2.72. The predicted octanol–water partition coefficient (Wildman–Crippen LogP) is 7.59. The van der Waals surface area contributed by atoms with E-state index in [2.05, 4.69) is 36.4 Å². The Balaban J connectivity index is 1.62. The second kappa shape index (κ2) is 6.75. The van der Waals surface area contributed by atoms with Gasteiger partial charge in [0.05, 0.1) is 5.69 Å². The van der Waals surface area contributed by atoms with Gasteiger partial charge in [0.15, 0.2) is 0 Å². The average molecular weight is 387 g/mol. The van der Waals surface area contributed by atoms with Crippen molar-refractivity contribution in [3.8, 4) is 22.9 Å². The van der Waals surface area contributed by atoms with Crippen LogP contribution in [0.25, 0.3) is 44.0 Å². The number of para-hydroxylation sites is 3. The van der Waals surface area contributed by atoms with Gasteiger partial charge in [-0.05, 0) is 29.7 Å². The zero-order chi connectivity index (χ0) is 19.9. The SMILES string of the molecule is c1ccc(Oc2cc3ccccc3c(-c3cccc4c3oc3ccccc34)n2)cc1. The van der Waals surface area contributed by atoms with Gasteiger partial charge in [0.1, 0.15) is 16.9 Å². The molecule has 0 aliphatic carbocycles. The van der Waals surface area contributed by atoms with Crippen molar-refractivity contribution in [2.75, 3.05) is 0 Å². The van der Waals surface area contributed by atoms with Crippen molar-refractivity contribution in [3.63, 3.8) is 0 Å².